The van der Waals surface area contributed by atoms with E-state index in [-0.39, 0.29) is 23.9 Å². The summed E-state index contributed by atoms with van der Waals surface area (Å²) >= 11 is 5.81. The molecule has 0 bridgehead atoms. The Morgan fingerprint density at radius 3 is 3.17 bits per heavy atom. The van der Waals surface area contributed by atoms with Crippen LogP contribution in [-0.4, -0.2) is 41.4 Å². The molecule has 4 N–H and O–H groups in total. The number of anilines is 1. The Labute approximate surface area is 109 Å². The number of carbonyl (C=O) groups excluding carboxylic acids is 1. The van der Waals surface area contributed by atoms with Gasteiger partial charge in [-0.05, 0) is 6.07 Å². The molecular formula is C11H14ClN3O3. The summed E-state index contributed by atoms with van der Waals surface area (Å²) in [5, 5.41) is 12.7. The molecule has 1 saturated heterocycles. The molecule has 1 aromatic rings. The van der Waals surface area contributed by atoms with Gasteiger partial charge >= 0.3 is 0 Å². The number of halogens is 1. The normalized spacial score (nSPS) is 23.0. The molecule has 1 atom stereocenters. The van der Waals surface area contributed by atoms with Crippen LogP contribution >= 0.6 is 11.6 Å². The van der Waals surface area contributed by atoms with E-state index in [1.165, 1.54) is 12.3 Å². The van der Waals surface area contributed by atoms with E-state index >= 15 is 0 Å². The largest absolute Gasteiger partial charge is 0.397 e. The minimum atomic E-state index is -1.00. The van der Waals surface area contributed by atoms with Gasteiger partial charge in [-0.2, -0.15) is 0 Å². The first-order valence-electron chi connectivity index (χ1n) is 5.49. The summed E-state index contributed by atoms with van der Waals surface area (Å²) in [6, 6.07) is 1.44. The first-order valence-corrected chi connectivity index (χ1v) is 5.87. The average molecular weight is 272 g/mol. The Morgan fingerprint density at radius 2 is 2.50 bits per heavy atom. The molecule has 0 aromatic carbocycles. The van der Waals surface area contributed by atoms with Crippen LogP contribution < -0.4 is 11.1 Å². The van der Waals surface area contributed by atoms with Crippen molar-refractivity contribution in [2.24, 2.45) is 0 Å². The van der Waals surface area contributed by atoms with Gasteiger partial charge in [0.25, 0.3) is 5.91 Å². The second kappa shape index (κ2) is 5.09. The molecule has 1 aliphatic rings. The first-order chi connectivity index (χ1) is 8.50. The van der Waals surface area contributed by atoms with Crippen molar-refractivity contribution in [2.45, 2.75) is 12.0 Å². The molecule has 7 heteroatoms. The third kappa shape index (κ3) is 2.90. The second-order valence-electron chi connectivity index (χ2n) is 4.32. The number of aromatic nitrogens is 1. The van der Waals surface area contributed by atoms with Gasteiger partial charge < -0.3 is 20.9 Å². The molecule has 2 rings (SSSR count). The van der Waals surface area contributed by atoms with Crippen LogP contribution in [0.3, 0.4) is 0 Å². The predicted molar refractivity (Wildman–Crippen MR) is 66.4 cm³/mol. The van der Waals surface area contributed by atoms with Gasteiger partial charge in [0.05, 0.1) is 24.1 Å². The second-order valence-corrected chi connectivity index (χ2v) is 4.67. The van der Waals surface area contributed by atoms with Gasteiger partial charge in [0.1, 0.15) is 10.8 Å². The molecule has 1 fully saturated rings. The Balaban J connectivity index is 2.01. The average Bonchev–Trinajstić information content (AvgIpc) is 2.77. The van der Waals surface area contributed by atoms with Gasteiger partial charge in [0, 0.05) is 19.6 Å². The fourth-order valence-electron chi connectivity index (χ4n) is 1.70. The number of nitrogen functional groups attached to an aromatic ring is 1. The Hall–Kier alpha value is -1.37. The van der Waals surface area contributed by atoms with Crippen LogP contribution in [0.4, 0.5) is 5.69 Å². The van der Waals surface area contributed by atoms with Crippen LogP contribution in [0.2, 0.25) is 5.15 Å². The van der Waals surface area contributed by atoms with Crippen molar-refractivity contribution in [3.8, 4) is 0 Å². The Kier molecular flexibility index (Phi) is 3.70. The number of hydrogen-bond acceptors (Lipinski definition) is 5. The lowest BCUT2D eigenvalue weighted by molar-refractivity contribution is 0.0264. The van der Waals surface area contributed by atoms with E-state index < -0.39 is 11.5 Å². The van der Waals surface area contributed by atoms with E-state index in [0.29, 0.717) is 18.7 Å². The Bertz CT molecular complexity index is 461. The summed E-state index contributed by atoms with van der Waals surface area (Å²) in [7, 11) is 0. The Morgan fingerprint density at radius 1 is 1.72 bits per heavy atom. The quantitative estimate of drug-likeness (QED) is 0.682. The zero-order chi connectivity index (χ0) is 13.2. The smallest absolute Gasteiger partial charge is 0.254 e. The van der Waals surface area contributed by atoms with E-state index in [2.05, 4.69) is 10.3 Å². The minimum absolute atomic E-state index is 0.0800. The predicted octanol–water partition coefficient (Wildman–Crippen LogP) is 0.198. The lowest BCUT2D eigenvalue weighted by Gasteiger charge is -2.20. The fourth-order valence-corrected chi connectivity index (χ4v) is 1.89. The van der Waals surface area contributed by atoms with Gasteiger partial charge in [-0.15, -0.1) is 0 Å². The van der Waals surface area contributed by atoms with Gasteiger partial charge in [-0.1, -0.05) is 11.6 Å². The highest BCUT2D eigenvalue weighted by molar-refractivity contribution is 6.32. The van der Waals surface area contributed by atoms with Crippen molar-refractivity contribution >= 4 is 23.2 Å². The zero-order valence-electron chi connectivity index (χ0n) is 9.65. The van der Waals surface area contributed by atoms with Gasteiger partial charge in [0.2, 0.25) is 0 Å². The molecule has 1 aliphatic heterocycles. The van der Waals surface area contributed by atoms with E-state index in [1.807, 2.05) is 0 Å². The van der Waals surface area contributed by atoms with E-state index in [4.69, 9.17) is 22.1 Å². The summed E-state index contributed by atoms with van der Waals surface area (Å²) in [5.74, 6) is -0.417. The highest BCUT2D eigenvalue weighted by Gasteiger charge is 2.32. The van der Waals surface area contributed by atoms with Crippen LogP contribution in [-0.2, 0) is 4.74 Å². The van der Waals surface area contributed by atoms with Gasteiger partial charge in [-0.3, -0.25) is 4.79 Å². The molecule has 18 heavy (non-hydrogen) atoms. The van der Waals surface area contributed by atoms with Crippen molar-refractivity contribution in [1.29, 1.82) is 0 Å². The van der Waals surface area contributed by atoms with Crippen LogP contribution in [0.1, 0.15) is 16.8 Å². The van der Waals surface area contributed by atoms with Crippen molar-refractivity contribution in [1.82, 2.24) is 10.3 Å². The maximum absolute atomic E-state index is 11.9. The molecule has 1 amide bonds. The zero-order valence-corrected chi connectivity index (χ0v) is 10.4. The molecular weight excluding hydrogens is 258 g/mol. The van der Waals surface area contributed by atoms with E-state index in [1.54, 1.807) is 0 Å². The van der Waals surface area contributed by atoms with Crippen LogP contribution in [0.25, 0.3) is 0 Å². The molecule has 0 saturated carbocycles. The third-order valence-corrected chi connectivity index (χ3v) is 3.07. The SMILES string of the molecule is Nc1cnc(Cl)c(C(=O)NCC2(O)CCOC2)c1. The number of pyridine rings is 1. The summed E-state index contributed by atoms with van der Waals surface area (Å²) in [5.41, 5.74) is 5.08. The molecule has 1 aromatic heterocycles. The number of rotatable bonds is 3. The van der Waals surface area contributed by atoms with Crippen molar-refractivity contribution in [3.63, 3.8) is 0 Å². The lowest BCUT2D eigenvalue weighted by atomic mass is 10.0. The summed E-state index contributed by atoms with van der Waals surface area (Å²) in [6.07, 6.45) is 1.87. The maximum atomic E-state index is 11.9. The van der Waals surface area contributed by atoms with Gasteiger partial charge in [-0.25, -0.2) is 4.98 Å². The van der Waals surface area contributed by atoms with E-state index in [9.17, 15) is 9.90 Å². The minimum Gasteiger partial charge on any atom is -0.397 e. The number of aliphatic hydroxyl groups is 1. The molecule has 1 unspecified atom stereocenters. The summed E-state index contributed by atoms with van der Waals surface area (Å²) in [4.78, 5) is 15.7. The number of nitrogens with one attached hydrogen (secondary N) is 1. The van der Waals surface area contributed by atoms with Gasteiger partial charge in [0.15, 0.2) is 0 Å². The molecule has 2 heterocycles. The summed E-state index contributed by atoms with van der Waals surface area (Å²) in [6.45, 7) is 0.820. The highest BCUT2D eigenvalue weighted by Crippen LogP contribution is 2.18. The molecule has 0 spiro atoms. The van der Waals surface area contributed by atoms with Crippen LogP contribution in [0, 0.1) is 0 Å². The van der Waals surface area contributed by atoms with Crippen molar-refractivity contribution in [3.05, 3.63) is 23.0 Å². The number of carbonyl (C=O) groups is 1. The molecule has 98 valence electrons. The topological polar surface area (TPSA) is 97.5 Å². The lowest BCUT2D eigenvalue weighted by Crippen LogP contribution is -2.43. The first kappa shape index (κ1) is 13.1. The van der Waals surface area contributed by atoms with E-state index in [0.717, 1.165) is 0 Å². The monoisotopic (exact) mass is 271 g/mol. The highest BCUT2D eigenvalue weighted by atomic mass is 35.5. The molecule has 0 aliphatic carbocycles. The number of amides is 1. The van der Waals surface area contributed by atoms with Crippen LogP contribution in [0.5, 0.6) is 0 Å². The maximum Gasteiger partial charge on any atom is 0.254 e. The van der Waals surface area contributed by atoms with Crippen molar-refractivity contribution < 1.29 is 14.6 Å². The standard InChI is InChI=1S/C11H14ClN3O3/c12-9-8(3-7(13)4-14-9)10(16)15-5-11(17)1-2-18-6-11/h3-4,17H,1-2,5-6,13H2,(H,15,16). The number of nitrogens with zero attached hydrogens (tertiary/aromatic N) is 1. The van der Waals surface area contributed by atoms with Crippen molar-refractivity contribution in [2.75, 3.05) is 25.5 Å². The number of ether oxygens (including phenoxy) is 1. The third-order valence-electron chi connectivity index (χ3n) is 2.77. The fraction of sp³-hybridized carbons (Fsp3) is 0.455. The van der Waals surface area contributed by atoms with Crippen LogP contribution in [0.15, 0.2) is 12.3 Å². The molecule has 6 nitrogen and oxygen atoms in total. The summed E-state index contributed by atoms with van der Waals surface area (Å²) < 4.78 is 5.08. The number of hydrogen-bond donors (Lipinski definition) is 3. The number of nitrogens with two attached hydrogens (primary N) is 1. The molecule has 0 radical (unpaired) electrons.